The molecule has 2 bridgehead atoms. The topological polar surface area (TPSA) is 144 Å². The van der Waals surface area contributed by atoms with Crippen molar-refractivity contribution >= 4 is 33.4 Å². The predicted octanol–water partition coefficient (Wildman–Crippen LogP) is 2.71. The number of aryl methyl sites for hydroxylation is 1. The smallest absolute Gasteiger partial charge is 0.414 e. The van der Waals surface area contributed by atoms with Gasteiger partial charge >= 0.3 is 23.3 Å². The lowest BCUT2D eigenvalue weighted by Crippen LogP contribution is -2.47. The molecular weight excluding hydrogens is 524 g/mol. The summed E-state index contributed by atoms with van der Waals surface area (Å²) in [5, 5.41) is 18.3. The van der Waals surface area contributed by atoms with Crippen molar-refractivity contribution in [1.82, 2.24) is 19.0 Å². The number of thiophene rings is 1. The third-order valence-corrected chi connectivity index (χ3v) is 8.53. The summed E-state index contributed by atoms with van der Waals surface area (Å²) in [5.74, 6) is -3.16. The molecule has 0 radical (unpaired) electrons. The van der Waals surface area contributed by atoms with Gasteiger partial charge in [-0.15, -0.1) is 11.3 Å². The largest absolute Gasteiger partial charge is 0.473 e. The molecule has 0 spiro atoms. The summed E-state index contributed by atoms with van der Waals surface area (Å²) in [4.78, 5) is 49.7. The lowest BCUT2D eigenvalue weighted by Gasteiger charge is -2.38. The van der Waals surface area contributed by atoms with Crippen LogP contribution in [0.4, 0.5) is 0 Å². The van der Waals surface area contributed by atoms with Gasteiger partial charge in [0, 0.05) is 36.4 Å². The van der Waals surface area contributed by atoms with Crippen LogP contribution in [0.25, 0.3) is 10.1 Å². The monoisotopic (exact) mass is 558 g/mol. The number of carbonyl (C=O) groups is 2. The minimum Gasteiger partial charge on any atom is -0.473 e. The first kappa shape index (κ1) is 28.7. The van der Waals surface area contributed by atoms with Gasteiger partial charge in [-0.25, -0.2) is 23.7 Å². The Bertz CT molecular complexity index is 1420. The van der Waals surface area contributed by atoms with Gasteiger partial charge in [0.1, 0.15) is 5.82 Å². The fourth-order valence-electron chi connectivity index (χ4n) is 5.67. The summed E-state index contributed by atoms with van der Waals surface area (Å²) < 4.78 is 10.6. The van der Waals surface area contributed by atoms with E-state index in [2.05, 4.69) is 39.5 Å². The minimum absolute atomic E-state index is 0.244. The molecule has 2 aliphatic rings. The number of piperidine rings is 1. The molecule has 4 heterocycles. The zero-order chi connectivity index (χ0) is 28.1. The van der Waals surface area contributed by atoms with Gasteiger partial charge < -0.3 is 14.9 Å². The predicted molar refractivity (Wildman–Crippen MR) is 146 cm³/mol. The van der Waals surface area contributed by atoms with Crippen LogP contribution in [0.15, 0.2) is 39.2 Å². The maximum absolute atomic E-state index is 12.6. The SMILES string of the molecule is CCn1c(C)nc(=O)n(CCCN2C3CCC2CC(OCc2csc4ccccc24)C3)c1=O.O=C(O)C(=O)O. The number of nitrogens with zero attached hydrogens (tertiary/aromatic N) is 4. The van der Waals surface area contributed by atoms with Crippen LogP contribution in [0.2, 0.25) is 0 Å². The van der Waals surface area contributed by atoms with Crippen LogP contribution >= 0.6 is 11.3 Å². The van der Waals surface area contributed by atoms with Gasteiger partial charge in [0.2, 0.25) is 0 Å². The van der Waals surface area contributed by atoms with E-state index in [1.807, 2.05) is 6.92 Å². The second-order valence-corrected chi connectivity index (χ2v) is 10.8. The highest BCUT2D eigenvalue weighted by Gasteiger charge is 2.40. The highest BCUT2D eigenvalue weighted by atomic mass is 32.1. The number of hydrogen-bond acceptors (Lipinski definition) is 8. The van der Waals surface area contributed by atoms with Crippen LogP contribution in [0, 0.1) is 6.92 Å². The Morgan fingerprint density at radius 2 is 1.72 bits per heavy atom. The van der Waals surface area contributed by atoms with E-state index in [0.29, 0.717) is 43.7 Å². The summed E-state index contributed by atoms with van der Waals surface area (Å²) in [6.07, 6.45) is 5.63. The fourth-order valence-corrected chi connectivity index (χ4v) is 6.62. The Kier molecular flexibility index (Phi) is 9.31. The van der Waals surface area contributed by atoms with Crippen molar-refractivity contribution < 1.29 is 24.5 Å². The maximum atomic E-state index is 12.6. The number of aliphatic carboxylic acids is 2. The molecule has 1 aromatic carbocycles. The Morgan fingerprint density at radius 3 is 2.36 bits per heavy atom. The van der Waals surface area contributed by atoms with E-state index in [-0.39, 0.29) is 5.69 Å². The van der Waals surface area contributed by atoms with Crippen molar-refractivity contribution in [1.29, 1.82) is 0 Å². The normalized spacial score (nSPS) is 20.5. The quantitative estimate of drug-likeness (QED) is 0.399. The van der Waals surface area contributed by atoms with E-state index in [1.165, 1.54) is 33.1 Å². The molecule has 0 amide bonds. The average molecular weight is 559 g/mol. The van der Waals surface area contributed by atoms with Gasteiger partial charge in [0.15, 0.2) is 0 Å². The van der Waals surface area contributed by atoms with Gasteiger partial charge in [0.25, 0.3) is 0 Å². The zero-order valence-corrected chi connectivity index (χ0v) is 22.9. The van der Waals surface area contributed by atoms with E-state index in [0.717, 1.165) is 25.8 Å². The van der Waals surface area contributed by atoms with Gasteiger partial charge in [-0.05, 0) is 68.3 Å². The minimum atomic E-state index is -1.82. The molecule has 2 unspecified atom stereocenters. The van der Waals surface area contributed by atoms with Gasteiger partial charge in [0.05, 0.1) is 12.7 Å². The first-order valence-electron chi connectivity index (χ1n) is 13.2. The first-order chi connectivity index (χ1) is 18.7. The maximum Gasteiger partial charge on any atom is 0.414 e. The Hall–Kier alpha value is -3.35. The van der Waals surface area contributed by atoms with Crippen LogP contribution in [0.1, 0.15) is 50.4 Å². The lowest BCUT2D eigenvalue weighted by atomic mass is 9.99. The van der Waals surface area contributed by atoms with Gasteiger partial charge in [-0.3, -0.25) is 9.47 Å². The molecule has 2 fully saturated rings. The molecule has 11 nitrogen and oxygen atoms in total. The number of ether oxygens (including phenoxy) is 1. The van der Waals surface area contributed by atoms with Crippen molar-refractivity contribution in [3.63, 3.8) is 0 Å². The standard InChI is InChI=1S/C25H32N4O3S.C2H2O4/c1-3-27-17(2)26-24(30)29(25(27)31)12-6-11-28-19-9-10-20(28)14-21(13-19)32-15-18-16-33-23-8-5-4-7-22(18)23;3-1(4)2(5)6/h4-5,7-8,16,19-21H,3,6,9-15H2,1-2H3;(H,3,4)(H,5,6). The molecule has 0 aliphatic carbocycles. The summed E-state index contributed by atoms with van der Waals surface area (Å²) in [6, 6.07) is 9.60. The molecule has 210 valence electrons. The van der Waals surface area contributed by atoms with Crippen LogP contribution in [-0.4, -0.2) is 65.9 Å². The number of carboxylic acids is 2. The average Bonchev–Trinajstić information content (AvgIpc) is 3.41. The Balaban J connectivity index is 0.000000531. The molecule has 2 atom stereocenters. The molecule has 2 aliphatic heterocycles. The Morgan fingerprint density at radius 1 is 1.05 bits per heavy atom. The third kappa shape index (κ3) is 6.63. The van der Waals surface area contributed by atoms with Crippen LogP contribution in [0.5, 0.6) is 0 Å². The van der Waals surface area contributed by atoms with E-state index in [9.17, 15) is 9.59 Å². The first-order valence-corrected chi connectivity index (χ1v) is 14.0. The van der Waals surface area contributed by atoms with E-state index >= 15 is 0 Å². The zero-order valence-electron chi connectivity index (χ0n) is 22.1. The molecule has 3 aromatic rings. The van der Waals surface area contributed by atoms with E-state index in [4.69, 9.17) is 24.5 Å². The highest BCUT2D eigenvalue weighted by Crippen LogP contribution is 2.37. The summed E-state index contributed by atoms with van der Waals surface area (Å²) >= 11 is 1.79. The molecule has 2 N–H and O–H groups in total. The second-order valence-electron chi connectivity index (χ2n) is 9.87. The van der Waals surface area contributed by atoms with Crippen molar-refractivity contribution in [2.24, 2.45) is 0 Å². The number of aromatic nitrogens is 3. The molecule has 2 aromatic heterocycles. The number of fused-ring (bicyclic) bond motifs is 3. The molecule has 0 saturated carbocycles. The van der Waals surface area contributed by atoms with Crippen molar-refractivity contribution in [2.75, 3.05) is 6.54 Å². The van der Waals surface area contributed by atoms with E-state index in [1.54, 1.807) is 22.8 Å². The molecule has 2 saturated heterocycles. The number of hydrogen-bond donors (Lipinski definition) is 2. The summed E-state index contributed by atoms with van der Waals surface area (Å²) in [5.41, 5.74) is 0.615. The number of carboxylic acid groups (broad SMARTS) is 2. The molecule has 39 heavy (non-hydrogen) atoms. The van der Waals surface area contributed by atoms with E-state index < -0.39 is 17.6 Å². The highest BCUT2D eigenvalue weighted by molar-refractivity contribution is 7.17. The molecule has 12 heteroatoms. The molecular formula is C27H34N4O7S. The number of benzene rings is 1. The van der Waals surface area contributed by atoms with Crippen molar-refractivity contribution in [3.8, 4) is 0 Å². The second kappa shape index (κ2) is 12.7. The number of rotatable bonds is 8. The fraction of sp³-hybridized carbons (Fsp3) is 0.519. The van der Waals surface area contributed by atoms with Crippen molar-refractivity contribution in [3.05, 3.63) is 62.0 Å². The summed E-state index contributed by atoms with van der Waals surface area (Å²) in [7, 11) is 0. The summed E-state index contributed by atoms with van der Waals surface area (Å²) in [6.45, 7) is 6.14. The lowest BCUT2D eigenvalue weighted by molar-refractivity contribution is -0.159. The van der Waals surface area contributed by atoms with Crippen LogP contribution in [-0.2, 0) is 34.0 Å². The van der Waals surface area contributed by atoms with Crippen molar-refractivity contribution in [2.45, 2.75) is 83.8 Å². The third-order valence-electron chi connectivity index (χ3n) is 7.51. The van der Waals surface area contributed by atoms with Crippen LogP contribution < -0.4 is 11.4 Å². The Labute approximate surface area is 229 Å². The molecule has 5 rings (SSSR count). The van der Waals surface area contributed by atoms with Gasteiger partial charge in [-0.1, -0.05) is 18.2 Å². The van der Waals surface area contributed by atoms with Crippen LogP contribution in [0.3, 0.4) is 0 Å². The van der Waals surface area contributed by atoms with Gasteiger partial charge in [-0.2, -0.15) is 4.98 Å².